The maximum absolute atomic E-state index is 6.30. The van der Waals surface area contributed by atoms with Crippen molar-refractivity contribution in [2.45, 2.75) is 111 Å². The Kier molecular flexibility index (Phi) is 8.47. The average molecular weight is 361 g/mol. The standard InChI is InChI=1S/C24H40O2/c1-6-11-20(7-2)21-12-14-22(15-13-21)26-23(25-19(3)4)18-24(5)16-9-8-10-17-24/h12-15,19-20,23H,6-11,16-18H2,1-5H3. The summed E-state index contributed by atoms with van der Waals surface area (Å²) >= 11 is 0. The number of benzene rings is 1. The lowest BCUT2D eigenvalue weighted by Gasteiger charge is -2.37. The molecule has 0 saturated heterocycles. The second kappa shape index (κ2) is 10.3. The minimum atomic E-state index is -0.151. The summed E-state index contributed by atoms with van der Waals surface area (Å²) in [5, 5.41) is 0. The average Bonchev–Trinajstić information content (AvgIpc) is 2.60. The summed E-state index contributed by atoms with van der Waals surface area (Å²) in [4.78, 5) is 0. The van der Waals surface area contributed by atoms with Crippen LogP contribution >= 0.6 is 0 Å². The van der Waals surface area contributed by atoms with Crippen LogP contribution in [0.4, 0.5) is 0 Å². The van der Waals surface area contributed by atoms with E-state index in [9.17, 15) is 0 Å². The van der Waals surface area contributed by atoms with E-state index in [0.29, 0.717) is 11.3 Å². The molecule has 0 radical (unpaired) electrons. The Labute approximate surface area is 161 Å². The van der Waals surface area contributed by atoms with E-state index in [1.54, 1.807) is 0 Å². The molecule has 0 heterocycles. The van der Waals surface area contributed by atoms with Gasteiger partial charge in [-0.05, 0) is 68.6 Å². The summed E-state index contributed by atoms with van der Waals surface area (Å²) in [7, 11) is 0. The third-order valence-electron chi connectivity index (χ3n) is 5.89. The maximum atomic E-state index is 6.30. The molecule has 2 nitrogen and oxygen atoms in total. The first-order valence-corrected chi connectivity index (χ1v) is 10.9. The molecule has 2 unspecified atom stereocenters. The molecule has 26 heavy (non-hydrogen) atoms. The van der Waals surface area contributed by atoms with Gasteiger partial charge in [0.1, 0.15) is 5.75 Å². The van der Waals surface area contributed by atoms with Gasteiger partial charge in [-0.15, -0.1) is 0 Å². The Morgan fingerprint density at radius 1 is 1.00 bits per heavy atom. The Hall–Kier alpha value is -1.02. The molecule has 0 bridgehead atoms. The number of ether oxygens (including phenoxy) is 2. The fraction of sp³-hybridized carbons (Fsp3) is 0.750. The van der Waals surface area contributed by atoms with Crippen LogP contribution in [0.25, 0.3) is 0 Å². The second-order valence-electron chi connectivity index (χ2n) is 8.77. The fourth-order valence-electron chi connectivity index (χ4n) is 4.36. The van der Waals surface area contributed by atoms with Gasteiger partial charge >= 0.3 is 0 Å². The molecule has 1 aliphatic carbocycles. The molecule has 2 heteroatoms. The van der Waals surface area contributed by atoms with Gasteiger partial charge in [-0.3, -0.25) is 0 Å². The van der Waals surface area contributed by atoms with Gasteiger partial charge in [-0.2, -0.15) is 0 Å². The van der Waals surface area contributed by atoms with E-state index in [2.05, 4.69) is 58.9 Å². The van der Waals surface area contributed by atoms with Crippen LogP contribution < -0.4 is 4.74 Å². The van der Waals surface area contributed by atoms with E-state index >= 15 is 0 Å². The van der Waals surface area contributed by atoms with Crippen molar-refractivity contribution in [1.29, 1.82) is 0 Å². The fourth-order valence-corrected chi connectivity index (χ4v) is 4.36. The molecule has 0 N–H and O–H groups in total. The highest BCUT2D eigenvalue weighted by Gasteiger charge is 2.31. The molecular weight excluding hydrogens is 320 g/mol. The molecule has 148 valence electrons. The molecule has 0 aromatic heterocycles. The summed E-state index contributed by atoms with van der Waals surface area (Å²) in [5.74, 6) is 1.60. The van der Waals surface area contributed by atoms with Gasteiger partial charge in [0, 0.05) is 6.42 Å². The highest BCUT2D eigenvalue weighted by molar-refractivity contribution is 5.29. The van der Waals surface area contributed by atoms with Crippen molar-refractivity contribution in [2.24, 2.45) is 5.41 Å². The molecule has 1 aromatic rings. The van der Waals surface area contributed by atoms with E-state index in [1.165, 1.54) is 56.9 Å². The van der Waals surface area contributed by atoms with Gasteiger partial charge in [0.2, 0.25) is 6.29 Å². The number of rotatable bonds is 10. The van der Waals surface area contributed by atoms with Crippen LogP contribution in [-0.4, -0.2) is 12.4 Å². The highest BCUT2D eigenvalue weighted by Crippen LogP contribution is 2.40. The zero-order valence-corrected chi connectivity index (χ0v) is 17.7. The van der Waals surface area contributed by atoms with Crippen molar-refractivity contribution in [1.82, 2.24) is 0 Å². The first-order chi connectivity index (χ1) is 12.5. The smallest absolute Gasteiger partial charge is 0.200 e. The van der Waals surface area contributed by atoms with Crippen molar-refractivity contribution in [2.75, 3.05) is 0 Å². The van der Waals surface area contributed by atoms with Crippen molar-refractivity contribution in [3.05, 3.63) is 29.8 Å². The Morgan fingerprint density at radius 2 is 1.65 bits per heavy atom. The van der Waals surface area contributed by atoms with Crippen LogP contribution in [0.1, 0.15) is 104 Å². The Morgan fingerprint density at radius 3 is 2.19 bits per heavy atom. The summed E-state index contributed by atoms with van der Waals surface area (Å²) in [6.45, 7) is 11.1. The summed E-state index contributed by atoms with van der Waals surface area (Å²) < 4.78 is 12.4. The lowest BCUT2D eigenvalue weighted by atomic mass is 9.73. The van der Waals surface area contributed by atoms with Gasteiger partial charge in [-0.25, -0.2) is 0 Å². The summed E-state index contributed by atoms with van der Waals surface area (Å²) in [5.41, 5.74) is 1.79. The zero-order chi connectivity index (χ0) is 19.0. The van der Waals surface area contributed by atoms with E-state index in [-0.39, 0.29) is 12.4 Å². The second-order valence-corrected chi connectivity index (χ2v) is 8.77. The van der Waals surface area contributed by atoms with E-state index < -0.39 is 0 Å². The van der Waals surface area contributed by atoms with Gasteiger partial charge in [-0.1, -0.05) is 58.6 Å². The van der Waals surface area contributed by atoms with Crippen molar-refractivity contribution >= 4 is 0 Å². The molecular formula is C24H40O2. The molecule has 1 saturated carbocycles. The molecule has 2 atom stereocenters. The minimum Gasteiger partial charge on any atom is -0.465 e. The normalized spacial score (nSPS) is 19.3. The third kappa shape index (κ3) is 6.61. The van der Waals surface area contributed by atoms with Crippen LogP contribution in [0.15, 0.2) is 24.3 Å². The van der Waals surface area contributed by atoms with Gasteiger partial charge in [0.25, 0.3) is 0 Å². The molecule has 1 fully saturated rings. The quantitative estimate of drug-likeness (QED) is 0.403. The number of hydrogen-bond acceptors (Lipinski definition) is 2. The monoisotopic (exact) mass is 360 g/mol. The SMILES string of the molecule is CCCC(CC)c1ccc(OC(CC2(C)CCCCC2)OC(C)C)cc1. The van der Waals surface area contributed by atoms with Crippen molar-refractivity contribution in [3.8, 4) is 5.75 Å². The Bertz CT molecular complexity index is 499. The van der Waals surface area contributed by atoms with Crippen LogP contribution in [-0.2, 0) is 4.74 Å². The van der Waals surface area contributed by atoms with Crippen LogP contribution in [0, 0.1) is 5.41 Å². The van der Waals surface area contributed by atoms with Gasteiger partial charge in [0.05, 0.1) is 6.10 Å². The molecule has 0 spiro atoms. The van der Waals surface area contributed by atoms with Crippen LogP contribution in [0.5, 0.6) is 5.75 Å². The molecule has 1 aliphatic rings. The summed E-state index contributed by atoms with van der Waals surface area (Å²) in [6, 6.07) is 8.75. The first kappa shape index (κ1) is 21.3. The summed E-state index contributed by atoms with van der Waals surface area (Å²) in [6.07, 6.45) is 11.4. The van der Waals surface area contributed by atoms with E-state index in [1.807, 2.05) is 0 Å². The zero-order valence-electron chi connectivity index (χ0n) is 17.7. The van der Waals surface area contributed by atoms with Crippen LogP contribution in [0.3, 0.4) is 0 Å². The van der Waals surface area contributed by atoms with Gasteiger partial charge < -0.3 is 9.47 Å². The molecule has 0 aliphatic heterocycles. The molecule has 1 aromatic carbocycles. The van der Waals surface area contributed by atoms with E-state index in [4.69, 9.17) is 9.47 Å². The first-order valence-electron chi connectivity index (χ1n) is 10.9. The lowest BCUT2D eigenvalue weighted by molar-refractivity contribution is -0.131. The largest absolute Gasteiger partial charge is 0.465 e. The van der Waals surface area contributed by atoms with Crippen molar-refractivity contribution in [3.63, 3.8) is 0 Å². The predicted molar refractivity (Wildman–Crippen MR) is 111 cm³/mol. The Balaban J connectivity index is 2.02. The minimum absolute atomic E-state index is 0.151. The van der Waals surface area contributed by atoms with Crippen LogP contribution in [0.2, 0.25) is 0 Å². The van der Waals surface area contributed by atoms with E-state index in [0.717, 1.165) is 12.2 Å². The lowest BCUT2D eigenvalue weighted by Crippen LogP contribution is -2.33. The molecule has 2 rings (SSSR count). The van der Waals surface area contributed by atoms with Gasteiger partial charge in [0.15, 0.2) is 0 Å². The maximum Gasteiger partial charge on any atom is 0.200 e. The number of hydrogen-bond donors (Lipinski definition) is 0. The molecule has 0 amide bonds. The van der Waals surface area contributed by atoms with Crippen molar-refractivity contribution < 1.29 is 9.47 Å². The topological polar surface area (TPSA) is 18.5 Å². The predicted octanol–water partition coefficient (Wildman–Crippen LogP) is 7.47. The third-order valence-corrected chi connectivity index (χ3v) is 5.89. The highest BCUT2D eigenvalue weighted by atomic mass is 16.7.